The van der Waals surface area contributed by atoms with Crippen molar-refractivity contribution in [3.8, 4) is 0 Å². The summed E-state index contributed by atoms with van der Waals surface area (Å²) in [5, 5.41) is 13.8. The molecule has 2 aliphatic heterocycles. The van der Waals surface area contributed by atoms with Crippen LogP contribution >= 0.6 is 15.9 Å². The molecule has 0 radical (unpaired) electrons. The van der Waals surface area contributed by atoms with Crippen LogP contribution in [0.3, 0.4) is 0 Å². The summed E-state index contributed by atoms with van der Waals surface area (Å²) in [5.41, 5.74) is 6.92. The Morgan fingerprint density at radius 1 is 0.860 bits per heavy atom. The zero-order valence-corrected chi connectivity index (χ0v) is 28.4. The van der Waals surface area contributed by atoms with Crippen molar-refractivity contribution in [3.05, 3.63) is 92.8 Å². The second kappa shape index (κ2) is 12.6. The van der Waals surface area contributed by atoms with Crippen LogP contribution in [0.2, 0.25) is 0 Å². The number of benzene rings is 2. The molecule has 0 unspecified atom stereocenters. The van der Waals surface area contributed by atoms with Gasteiger partial charge in [-0.3, -0.25) is 4.79 Å². The van der Waals surface area contributed by atoms with E-state index in [1.54, 1.807) is 0 Å². The van der Waals surface area contributed by atoms with Crippen LogP contribution in [0, 0.1) is 0 Å². The predicted molar refractivity (Wildman–Crippen MR) is 180 cm³/mol. The Morgan fingerprint density at radius 3 is 2.26 bits per heavy atom. The highest BCUT2D eigenvalue weighted by atomic mass is 79.9. The van der Waals surface area contributed by atoms with Crippen LogP contribution in [0.15, 0.2) is 81.7 Å². The van der Waals surface area contributed by atoms with Crippen molar-refractivity contribution in [2.24, 2.45) is 0 Å². The number of carbonyl (C=O) groups excluding carboxylic acids is 1. The number of anilines is 1. The number of rotatable bonds is 12. The van der Waals surface area contributed by atoms with Gasteiger partial charge in [0.1, 0.15) is 6.54 Å². The molecule has 5 rings (SSSR count). The van der Waals surface area contributed by atoms with E-state index in [-0.39, 0.29) is 22.4 Å². The minimum atomic E-state index is -0.323. The average Bonchev–Trinajstić information content (AvgIpc) is 3.32. The summed E-state index contributed by atoms with van der Waals surface area (Å²) in [5.74, 6) is -0.275. The first-order valence-corrected chi connectivity index (χ1v) is 17.1. The standard InChI is InChI=1S/C38H47BrN2O2/c1-7-9-11-15-21-40-31-18-14-13-17-29(31)37(3,4)33(40)24-27-35(42)28(36(27)43)25-34-38(5,6)30-23-26(39)19-20-32(30)41(34)22-16-12-10-8-2/h13-14,17-20,23-25H,7-12,15-16,21-22H2,1-6H3. The monoisotopic (exact) mass is 642 g/mol. The lowest BCUT2D eigenvalue weighted by atomic mass is 9.77. The van der Waals surface area contributed by atoms with Crippen LogP contribution in [-0.2, 0) is 15.6 Å². The molecule has 0 saturated heterocycles. The highest BCUT2D eigenvalue weighted by Gasteiger charge is 2.46. The summed E-state index contributed by atoms with van der Waals surface area (Å²) in [6, 6.07) is 14.9. The lowest BCUT2D eigenvalue weighted by Crippen LogP contribution is -2.35. The summed E-state index contributed by atoms with van der Waals surface area (Å²) < 4.78 is 3.39. The maximum atomic E-state index is 13.8. The normalized spacial score (nSPS) is 20.3. The molecule has 0 bridgehead atoms. The highest BCUT2D eigenvalue weighted by Crippen LogP contribution is 2.50. The van der Waals surface area contributed by atoms with Gasteiger partial charge in [-0.25, -0.2) is 0 Å². The smallest absolute Gasteiger partial charge is 0.209 e. The summed E-state index contributed by atoms with van der Waals surface area (Å²) in [7, 11) is 0. The first kappa shape index (κ1) is 31.5. The van der Waals surface area contributed by atoms with E-state index in [1.807, 2.05) is 12.2 Å². The Labute approximate surface area is 267 Å². The number of ketones is 1. The molecule has 0 saturated carbocycles. The molecule has 228 valence electrons. The van der Waals surface area contributed by atoms with Gasteiger partial charge in [0.15, 0.2) is 11.5 Å². The van der Waals surface area contributed by atoms with Crippen LogP contribution in [-0.4, -0.2) is 29.2 Å². The summed E-state index contributed by atoms with van der Waals surface area (Å²) in [6.45, 7) is 15.0. The molecule has 2 aromatic carbocycles. The number of nitrogens with zero attached hydrogens (tertiary/aromatic N) is 2. The van der Waals surface area contributed by atoms with E-state index in [0.717, 1.165) is 41.8 Å². The molecule has 0 aromatic heterocycles. The lowest BCUT2D eigenvalue weighted by molar-refractivity contribution is -0.438. The maximum Gasteiger partial charge on any atom is 0.209 e. The molecule has 1 aliphatic carbocycles. The maximum absolute atomic E-state index is 13.8. The Morgan fingerprint density at radius 2 is 1.56 bits per heavy atom. The number of hydrogen-bond acceptors (Lipinski definition) is 3. The van der Waals surface area contributed by atoms with Crippen LogP contribution in [0.1, 0.15) is 104 Å². The van der Waals surface area contributed by atoms with E-state index in [1.165, 1.54) is 61.0 Å². The summed E-state index contributed by atoms with van der Waals surface area (Å²) >= 11 is 3.66. The van der Waals surface area contributed by atoms with Gasteiger partial charge in [0.25, 0.3) is 0 Å². The lowest BCUT2D eigenvalue weighted by Gasteiger charge is -2.33. The van der Waals surface area contributed by atoms with E-state index in [4.69, 9.17) is 0 Å². The quantitative estimate of drug-likeness (QED) is 0.132. The minimum absolute atomic E-state index is 0.137. The van der Waals surface area contributed by atoms with Crippen molar-refractivity contribution in [2.45, 2.75) is 104 Å². The third-order valence-corrected chi connectivity index (χ3v) is 10.2. The third-order valence-electron chi connectivity index (χ3n) is 9.66. The van der Waals surface area contributed by atoms with Crippen molar-refractivity contribution in [2.75, 3.05) is 18.0 Å². The van der Waals surface area contributed by atoms with E-state index in [9.17, 15) is 9.90 Å². The zero-order chi connectivity index (χ0) is 30.9. The molecule has 0 amide bonds. The molecule has 4 nitrogen and oxygen atoms in total. The van der Waals surface area contributed by atoms with E-state index in [2.05, 4.69) is 109 Å². The fourth-order valence-corrected chi connectivity index (χ4v) is 7.41. The number of allylic oxidation sites excluding steroid dienone is 5. The van der Waals surface area contributed by atoms with Crippen LogP contribution in [0.25, 0.3) is 0 Å². The molecule has 0 N–H and O–H groups in total. The van der Waals surface area contributed by atoms with Crippen LogP contribution < -0.4 is 10.0 Å². The minimum Gasteiger partial charge on any atom is -0.871 e. The van der Waals surface area contributed by atoms with Gasteiger partial charge < -0.3 is 10.0 Å². The molecule has 0 spiro atoms. The van der Waals surface area contributed by atoms with Gasteiger partial charge in [0, 0.05) is 63.1 Å². The first-order chi connectivity index (χ1) is 20.5. The van der Waals surface area contributed by atoms with Crippen molar-refractivity contribution >= 4 is 38.8 Å². The summed E-state index contributed by atoms with van der Waals surface area (Å²) in [6.07, 6.45) is 13.1. The third kappa shape index (κ3) is 5.70. The fourth-order valence-electron chi connectivity index (χ4n) is 7.05. The second-order valence-electron chi connectivity index (χ2n) is 13.4. The Balaban J connectivity index is 1.52. The molecule has 0 atom stereocenters. The van der Waals surface area contributed by atoms with Crippen molar-refractivity contribution in [3.63, 3.8) is 0 Å². The van der Waals surface area contributed by atoms with Crippen LogP contribution in [0.4, 0.5) is 11.4 Å². The van der Waals surface area contributed by atoms with Gasteiger partial charge in [-0.05, 0) is 56.5 Å². The number of fused-ring (bicyclic) bond motifs is 2. The van der Waals surface area contributed by atoms with Gasteiger partial charge in [-0.2, -0.15) is 4.58 Å². The van der Waals surface area contributed by atoms with Gasteiger partial charge in [-0.15, -0.1) is 0 Å². The predicted octanol–water partition coefficient (Wildman–Crippen LogP) is 8.79. The van der Waals surface area contributed by atoms with E-state index in [0.29, 0.717) is 11.1 Å². The van der Waals surface area contributed by atoms with Gasteiger partial charge in [-0.1, -0.05) is 99.7 Å². The molecule has 2 aromatic rings. The molecule has 43 heavy (non-hydrogen) atoms. The number of Topliss-reactive ketones (excluding diaryl/α,β-unsaturated/α-hetero) is 1. The number of carbonyl (C=O) groups is 1. The number of para-hydroxylation sites is 1. The average molecular weight is 644 g/mol. The largest absolute Gasteiger partial charge is 0.871 e. The number of hydrogen-bond donors (Lipinski definition) is 0. The van der Waals surface area contributed by atoms with E-state index < -0.39 is 0 Å². The number of halogens is 1. The summed E-state index contributed by atoms with van der Waals surface area (Å²) in [4.78, 5) is 16.1. The molecule has 5 heteroatoms. The Kier molecular flexibility index (Phi) is 9.23. The first-order valence-electron chi connectivity index (χ1n) is 16.3. The zero-order valence-electron chi connectivity index (χ0n) is 26.9. The van der Waals surface area contributed by atoms with E-state index >= 15 is 0 Å². The molecular formula is C38H47BrN2O2. The molecule has 2 heterocycles. The Hall–Kier alpha value is -2.92. The SMILES string of the molecule is CCCCCCN1C(=CC2=C([O-])C(=CC3=[N+](CCCCCC)c4ccccc4C3(C)C)C2=O)C(C)(C)c2cc(Br)ccc21. The van der Waals surface area contributed by atoms with Crippen molar-refractivity contribution < 1.29 is 14.5 Å². The van der Waals surface area contributed by atoms with Gasteiger partial charge >= 0.3 is 0 Å². The second-order valence-corrected chi connectivity index (χ2v) is 14.3. The highest BCUT2D eigenvalue weighted by molar-refractivity contribution is 9.10. The fraction of sp³-hybridized carbons (Fsp3) is 0.474. The number of unbranched alkanes of at least 4 members (excludes halogenated alkanes) is 6. The van der Waals surface area contributed by atoms with Crippen molar-refractivity contribution in [1.29, 1.82) is 0 Å². The van der Waals surface area contributed by atoms with Crippen LogP contribution in [0.5, 0.6) is 0 Å². The van der Waals surface area contributed by atoms with Gasteiger partial charge in [0.2, 0.25) is 5.69 Å². The molecular weight excluding hydrogens is 596 g/mol. The molecule has 0 fully saturated rings. The Bertz CT molecular complexity index is 1540. The van der Waals surface area contributed by atoms with Gasteiger partial charge in [0.05, 0.1) is 5.41 Å². The van der Waals surface area contributed by atoms with Crippen molar-refractivity contribution in [1.82, 2.24) is 0 Å². The topological polar surface area (TPSA) is 46.4 Å². The molecule has 3 aliphatic rings.